The van der Waals surface area contributed by atoms with Crippen LogP contribution in [0.15, 0.2) is 16.9 Å². The molecule has 8 nitrogen and oxygen atoms in total. The number of carbonyl (C=O) groups excluding carboxylic acids is 1. The van der Waals surface area contributed by atoms with Gasteiger partial charge in [0.1, 0.15) is 0 Å². The lowest BCUT2D eigenvalue weighted by Gasteiger charge is -2.19. The van der Waals surface area contributed by atoms with E-state index in [0.29, 0.717) is 34.1 Å². The first kappa shape index (κ1) is 17.5. The number of primary amides is 1. The number of aromatic nitrogens is 2. The highest BCUT2D eigenvalue weighted by Gasteiger charge is 2.26. The van der Waals surface area contributed by atoms with Gasteiger partial charge in [0.05, 0.1) is 21.3 Å². The smallest absolute Gasteiger partial charge is 0.267 e. The summed E-state index contributed by atoms with van der Waals surface area (Å²) in [6.07, 6.45) is -0.0274. The summed E-state index contributed by atoms with van der Waals surface area (Å²) in [4.78, 5) is 23.7. The Balaban J connectivity index is 2.67. The van der Waals surface area contributed by atoms with Crippen LogP contribution in [0.3, 0.4) is 0 Å². The van der Waals surface area contributed by atoms with Crippen molar-refractivity contribution in [3.8, 4) is 17.2 Å². The Morgan fingerprint density at radius 2 is 1.71 bits per heavy atom. The van der Waals surface area contributed by atoms with Crippen molar-refractivity contribution in [1.29, 1.82) is 0 Å². The molecule has 1 heterocycles. The van der Waals surface area contributed by atoms with E-state index < -0.39 is 11.8 Å². The standard InChI is InChI=1S/C16H21N3O5/c1-8-14(16(21)19-18-8)10(7-13(17)20)9-5-11(22-2)15(24-4)12(6-9)23-3/h5-6,10H,7H2,1-4H3,(H2,17,20)(H2,18,19,21)/t10-/m0/s1. The van der Waals surface area contributed by atoms with Crippen LogP contribution in [-0.2, 0) is 4.79 Å². The number of aryl methyl sites for hydroxylation is 1. The average molecular weight is 335 g/mol. The molecule has 1 aromatic carbocycles. The van der Waals surface area contributed by atoms with Crippen LogP contribution in [0.1, 0.15) is 29.2 Å². The third-order valence-corrected chi connectivity index (χ3v) is 3.86. The molecule has 1 amide bonds. The van der Waals surface area contributed by atoms with Gasteiger partial charge in [0.25, 0.3) is 5.56 Å². The zero-order chi connectivity index (χ0) is 17.9. The average Bonchev–Trinajstić information content (AvgIpc) is 2.89. The molecule has 130 valence electrons. The van der Waals surface area contributed by atoms with Crippen LogP contribution in [0, 0.1) is 6.92 Å². The number of H-pyrrole nitrogens is 2. The highest BCUT2D eigenvalue weighted by atomic mass is 16.5. The predicted octanol–water partition coefficient (Wildman–Crippen LogP) is 1.04. The SMILES string of the molecule is COc1cc([C@H](CC(N)=O)c2c(C)[nH][nH]c2=O)cc(OC)c1OC. The maximum absolute atomic E-state index is 12.1. The van der Waals surface area contributed by atoms with E-state index in [4.69, 9.17) is 19.9 Å². The van der Waals surface area contributed by atoms with Crippen molar-refractivity contribution in [2.45, 2.75) is 19.3 Å². The summed E-state index contributed by atoms with van der Waals surface area (Å²) in [5.74, 6) is 0.248. The monoisotopic (exact) mass is 335 g/mol. The number of amides is 1. The summed E-state index contributed by atoms with van der Waals surface area (Å²) in [7, 11) is 4.50. The van der Waals surface area contributed by atoms with E-state index in [1.807, 2.05) is 0 Å². The molecule has 4 N–H and O–H groups in total. The molecule has 0 aliphatic heterocycles. The van der Waals surface area contributed by atoms with E-state index in [-0.39, 0.29) is 12.0 Å². The number of hydrogen-bond acceptors (Lipinski definition) is 5. The van der Waals surface area contributed by atoms with Gasteiger partial charge in [0.2, 0.25) is 11.7 Å². The fourth-order valence-corrected chi connectivity index (χ4v) is 2.77. The Morgan fingerprint density at radius 3 is 2.08 bits per heavy atom. The molecular formula is C16H21N3O5. The molecule has 0 saturated carbocycles. The van der Waals surface area contributed by atoms with Crippen molar-refractivity contribution < 1.29 is 19.0 Å². The summed E-state index contributed by atoms with van der Waals surface area (Å²) >= 11 is 0. The second-order valence-electron chi connectivity index (χ2n) is 5.30. The lowest BCUT2D eigenvalue weighted by molar-refractivity contribution is -0.118. The Bertz CT molecular complexity index is 768. The number of nitrogens with one attached hydrogen (secondary N) is 2. The molecule has 0 aliphatic carbocycles. The number of hydrogen-bond donors (Lipinski definition) is 3. The van der Waals surface area contributed by atoms with E-state index in [1.54, 1.807) is 19.1 Å². The van der Waals surface area contributed by atoms with Gasteiger partial charge in [-0.25, -0.2) is 0 Å². The van der Waals surface area contributed by atoms with Crippen molar-refractivity contribution in [1.82, 2.24) is 10.2 Å². The number of nitrogens with two attached hydrogens (primary N) is 1. The molecular weight excluding hydrogens is 314 g/mol. The van der Waals surface area contributed by atoms with Gasteiger partial charge < -0.3 is 25.0 Å². The van der Waals surface area contributed by atoms with E-state index in [0.717, 1.165) is 0 Å². The van der Waals surface area contributed by atoms with Gasteiger partial charge in [0.15, 0.2) is 11.5 Å². The van der Waals surface area contributed by atoms with E-state index in [1.165, 1.54) is 21.3 Å². The number of methoxy groups -OCH3 is 3. The Hall–Kier alpha value is -2.90. The zero-order valence-corrected chi connectivity index (χ0v) is 14.1. The van der Waals surface area contributed by atoms with Crippen LogP contribution < -0.4 is 25.5 Å². The van der Waals surface area contributed by atoms with Crippen molar-refractivity contribution in [3.63, 3.8) is 0 Å². The quantitative estimate of drug-likeness (QED) is 0.698. The molecule has 0 spiro atoms. The zero-order valence-electron chi connectivity index (χ0n) is 14.1. The van der Waals surface area contributed by atoms with E-state index in [2.05, 4.69) is 10.2 Å². The van der Waals surface area contributed by atoms with Gasteiger partial charge in [0, 0.05) is 23.6 Å². The second kappa shape index (κ2) is 7.12. The van der Waals surface area contributed by atoms with Gasteiger partial charge >= 0.3 is 0 Å². The normalized spacial score (nSPS) is 11.8. The molecule has 1 atom stereocenters. The predicted molar refractivity (Wildman–Crippen MR) is 87.9 cm³/mol. The fraction of sp³-hybridized carbons (Fsp3) is 0.375. The molecule has 0 fully saturated rings. The van der Waals surface area contributed by atoms with E-state index in [9.17, 15) is 9.59 Å². The Labute approximate surface area is 138 Å². The number of carbonyl (C=O) groups is 1. The second-order valence-corrected chi connectivity index (χ2v) is 5.30. The van der Waals surface area contributed by atoms with Crippen molar-refractivity contribution in [3.05, 3.63) is 39.3 Å². The highest BCUT2D eigenvalue weighted by molar-refractivity contribution is 5.75. The van der Waals surface area contributed by atoms with Gasteiger partial charge in [-0.2, -0.15) is 0 Å². The first-order valence-corrected chi connectivity index (χ1v) is 7.28. The van der Waals surface area contributed by atoms with Gasteiger partial charge in [-0.3, -0.25) is 14.7 Å². The molecule has 1 aromatic heterocycles. The van der Waals surface area contributed by atoms with Crippen LogP contribution in [-0.4, -0.2) is 37.4 Å². The maximum Gasteiger partial charge on any atom is 0.267 e. The Kier molecular flexibility index (Phi) is 5.18. The molecule has 0 saturated heterocycles. The number of ether oxygens (including phenoxy) is 3. The van der Waals surface area contributed by atoms with Crippen molar-refractivity contribution in [2.24, 2.45) is 5.73 Å². The first-order chi connectivity index (χ1) is 11.4. The van der Waals surface area contributed by atoms with Crippen LogP contribution >= 0.6 is 0 Å². The van der Waals surface area contributed by atoms with Crippen molar-refractivity contribution >= 4 is 5.91 Å². The molecule has 0 aliphatic rings. The number of benzene rings is 1. The molecule has 0 radical (unpaired) electrons. The summed E-state index contributed by atoms with van der Waals surface area (Å²) in [5.41, 5.74) is 6.84. The fourth-order valence-electron chi connectivity index (χ4n) is 2.77. The lowest BCUT2D eigenvalue weighted by Crippen LogP contribution is -2.20. The van der Waals surface area contributed by atoms with Gasteiger partial charge in [-0.15, -0.1) is 0 Å². The van der Waals surface area contributed by atoms with Crippen molar-refractivity contribution in [2.75, 3.05) is 21.3 Å². The first-order valence-electron chi connectivity index (χ1n) is 7.28. The summed E-state index contributed by atoms with van der Waals surface area (Å²) in [5, 5.41) is 5.28. The Morgan fingerprint density at radius 1 is 1.12 bits per heavy atom. The minimum Gasteiger partial charge on any atom is -0.493 e. The van der Waals surface area contributed by atoms with Crippen LogP contribution in [0.25, 0.3) is 0 Å². The largest absolute Gasteiger partial charge is 0.493 e. The summed E-state index contributed by atoms with van der Waals surface area (Å²) in [6, 6.07) is 3.42. The molecule has 0 unspecified atom stereocenters. The van der Waals surface area contributed by atoms with Crippen LogP contribution in [0.5, 0.6) is 17.2 Å². The number of rotatable bonds is 7. The third-order valence-electron chi connectivity index (χ3n) is 3.86. The minimum absolute atomic E-state index is 0.0274. The maximum atomic E-state index is 12.1. The molecule has 2 aromatic rings. The topological polar surface area (TPSA) is 119 Å². The molecule has 8 heteroatoms. The summed E-state index contributed by atoms with van der Waals surface area (Å²) < 4.78 is 16.0. The minimum atomic E-state index is -0.536. The van der Waals surface area contributed by atoms with E-state index >= 15 is 0 Å². The molecule has 2 rings (SSSR count). The van der Waals surface area contributed by atoms with Gasteiger partial charge in [-0.05, 0) is 24.6 Å². The summed E-state index contributed by atoms with van der Waals surface area (Å²) in [6.45, 7) is 1.75. The van der Waals surface area contributed by atoms with Crippen LogP contribution in [0.2, 0.25) is 0 Å². The van der Waals surface area contributed by atoms with Gasteiger partial charge in [-0.1, -0.05) is 0 Å². The van der Waals surface area contributed by atoms with Crippen LogP contribution in [0.4, 0.5) is 0 Å². The third kappa shape index (κ3) is 3.22. The number of aromatic amines is 2. The molecule has 24 heavy (non-hydrogen) atoms. The molecule has 0 bridgehead atoms. The highest BCUT2D eigenvalue weighted by Crippen LogP contribution is 2.41. The lowest BCUT2D eigenvalue weighted by atomic mass is 9.88.